The van der Waals surface area contributed by atoms with Gasteiger partial charge < -0.3 is 11.1 Å². The van der Waals surface area contributed by atoms with E-state index < -0.39 is 5.82 Å². The molecule has 0 radical (unpaired) electrons. The minimum absolute atomic E-state index is 0.0425. The molecule has 0 spiro atoms. The van der Waals surface area contributed by atoms with E-state index in [1.807, 2.05) is 18.7 Å². The molecule has 1 saturated heterocycles. The second-order valence-corrected chi connectivity index (χ2v) is 6.71. The SMILES string of the molecule is CCC1CN(C(C)C(=O)Nc2ccc(F)c(N)c2)CCS1. The first-order chi connectivity index (χ1) is 10.0. The van der Waals surface area contributed by atoms with Crippen LogP contribution < -0.4 is 11.1 Å². The Morgan fingerprint density at radius 1 is 1.62 bits per heavy atom. The van der Waals surface area contributed by atoms with Crippen molar-refractivity contribution in [3.05, 3.63) is 24.0 Å². The molecule has 1 heterocycles. The highest BCUT2D eigenvalue weighted by Gasteiger charge is 2.27. The average Bonchev–Trinajstić information content (AvgIpc) is 2.50. The quantitative estimate of drug-likeness (QED) is 0.839. The molecule has 1 aliphatic rings. The highest BCUT2D eigenvalue weighted by Crippen LogP contribution is 2.23. The van der Waals surface area contributed by atoms with Crippen molar-refractivity contribution < 1.29 is 9.18 Å². The van der Waals surface area contributed by atoms with E-state index in [1.54, 1.807) is 0 Å². The Kier molecular flexibility index (Phi) is 5.47. The summed E-state index contributed by atoms with van der Waals surface area (Å²) in [6.45, 7) is 5.93. The lowest BCUT2D eigenvalue weighted by atomic mass is 10.2. The van der Waals surface area contributed by atoms with E-state index in [0.29, 0.717) is 10.9 Å². The smallest absolute Gasteiger partial charge is 0.241 e. The van der Waals surface area contributed by atoms with Crippen LogP contribution in [0.2, 0.25) is 0 Å². The Hall–Kier alpha value is -1.27. The van der Waals surface area contributed by atoms with E-state index in [1.165, 1.54) is 18.2 Å². The molecule has 1 aromatic rings. The zero-order chi connectivity index (χ0) is 15.4. The number of nitrogens with one attached hydrogen (secondary N) is 1. The summed E-state index contributed by atoms with van der Waals surface area (Å²) in [5, 5.41) is 3.40. The first-order valence-corrected chi connectivity index (χ1v) is 8.27. The van der Waals surface area contributed by atoms with Crippen molar-refractivity contribution in [2.75, 3.05) is 29.9 Å². The van der Waals surface area contributed by atoms with Crippen molar-refractivity contribution in [1.82, 2.24) is 4.90 Å². The number of nitrogen functional groups attached to an aromatic ring is 1. The van der Waals surface area contributed by atoms with Gasteiger partial charge in [0, 0.05) is 29.8 Å². The largest absolute Gasteiger partial charge is 0.396 e. The summed E-state index contributed by atoms with van der Waals surface area (Å²) in [6.07, 6.45) is 1.12. The summed E-state index contributed by atoms with van der Waals surface area (Å²) in [5.74, 6) is 0.502. The Labute approximate surface area is 129 Å². The van der Waals surface area contributed by atoms with Crippen LogP contribution in [-0.4, -0.2) is 40.9 Å². The second kappa shape index (κ2) is 7.13. The number of hydrogen-bond acceptors (Lipinski definition) is 4. The van der Waals surface area contributed by atoms with Crippen LogP contribution in [0.3, 0.4) is 0 Å². The Bertz CT molecular complexity index is 512. The summed E-state index contributed by atoms with van der Waals surface area (Å²) >= 11 is 1.97. The van der Waals surface area contributed by atoms with Gasteiger partial charge >= 0.3 is 0 Å². The van der Waals surface area contributed by atoms with Gasteiger partial charge in [0.05, 0.1) is 11.7 Å². The summed E-state index contributed by atoms with van der Waals surface area (Å²) < 4.78 is 13.1. The van der Waals surface area contributed by atoms with Crippen molar-refractivity contribution >= 4 is 29.0 Å². The molecule has 21 heavy (non-hydrogen) atoms. The predicted octanol–water partition coefficient (Wildman–Crippen LogP) is 2.56. The van der Waals surface area contributed by atoms with Gasteiger partial charge in [0.25, 0.3) is 0 Å². The third-order valence-electron chi connectivity index (χ3n) is 3.82. The van der Waals surface area contributed by atoms with Gasteiger partial charge in [0.2, 0.25) is 5.91 Å². The molecular formula is C15H22FN3OS. The van der Waals surface area contributed by atoms with E-state index >= 15 is 0 Å². The van der Waals surface area contributed by atoms with Gasteiger partial charge in [0.15, 0.2) is 0 Å². The van der Waals surface area contributed by atoms with E-state index in [0.717, 1.165) is 25.3 Å². The molecule has 0 bridgehead atoms. The fraction of sp³-hybridized carbons (Fsp3) is 0.533. The number of benzene rings is 1. The van der Waals surface area contributed by atoms with Gasteiger partial charge in [0.1, 0.15) is 5.82 Å². The minimum Gasteiger partial charge on any atom is -0.396 e. The van der Waals surface area contributed by atoms with Crippen LogP contribution >= 0.6 is 11.8 Å². The maximum absolute atomic E-state index is 13.1. The number of rotatable bonds is 4. The molecule has 1 aliphatic heterocycles. The molecule has 1 fully saturated rings. The van der Waals surface area contributed by atoms with Crippen molar-refractivity contribution in [3.63, 3.8) is 0 Å². The molecule has 6 heteroatoms. The zero-order valence-electron chi connectivity index (χ0n) is 12.4. The monoisotopic (exact) mass is 311 g/mol. The maximum Gasteiger partial charge on any atom is 0.241 e. The number of carbonyl (C=O) groups excluding carboxylic acids is 1. The first-order valence-electron chi connectivity index (χ1n) is 7.22. The molecule has 1 aromatic carbocycles. The molecule has 0 aliphatic carbocycles. The number of anilines is 2. The van der Waals surface area contributed by atoms with Gasteiger partial charge in [-0.25, -0.2) is 4.39 Å². The standard InChI is InChI=1S/C15H22FN3OS/c1-3-12-9-19(6-7-21-12)10(2)15(20)18-11-4-5-13(16)14(17)8-11/h4-5,8,10,12H,3,6-7,9,17H2,1-2H3,(H,18,20). The lowest BCUT2D eigenvalue weighted by Gasteiger charge is -2.35. The van der Waals surface area contributed by atoms with Gasteiger partial charge in [-0.05, 0) is 31.5 Å². The third-order valence-corrected chi connectivity index (χ3v) is 5.19. The zero-order valence-corrected chi connectivity index (χ0v) is 13.3. The predicted molar refractivity (Wildman–Crippen MR) is 87.0 cm³/mol. The number of carbonyl (C=O) groups is 1. The molecule has 3 N–H and O–H groups in total. The lowest BCUT2D eigenvalue weighted by Crippen LogP contribution is -2.48. The van der Waals surface area contributed by atoms with Crippen molar-refractivity contribution in [2.45, 2.75) is 31.6 Å². The Balaban J connectivity index is 1.97. The summed E-state index contributed by atoms with van der Waals surface area (Å²) in [5.41, 5.74) is 6.09. The normalized spacial score (nSPS) is 21.0. The summed E-state index contributed by atoms with van der Waals surface area (Å²) in [4.78, 5) is 14.5. The number of amides is 1. The van der Waals surface area contributed by atoms with Gasteiger partial charge in [-0.15, -0.1) is 0 Å². The Morgan fingerprint density at radius 2 is 2.38 bits per heavy atom. The highest BCUT2D eigenvalue weighted by molar-refractivity contribution is 8.00. The van der Waals surface area contributed by atoms with Crippen molar-refractivity contribution in [3.8, 4) is 0 Å². The Morgan fingerprint density at radius 3 is 3.05 bits per heavy atom. The lowest BCUT2D eigenvalue weighted by molar-refractivity contribution is -0.120. The number of halogens is 1. The van der Waals surface area contributed by atoms with Gasteiger partial charge in [-0.1, -0.05) is 6.92 Å². The number of hydrogen-bond donors (Lipinski definition) is 2. The fourth-order valence-corrected chi connectivity index (χ4v) is 3.58. The van der Waals surface area contributed by atoms with Crippen LogP contribution in [0.1, 0.15) is 20.3 Å². The number of thioether (sulfide) groups is 1. The van der Waals surface area contributed by atoms with Gasteiger partial charge in [-0.2, -0.15) is 11.8 Å². The van der Waals surface area contributed by atoms with Crippen LogP contribution in [0.25, 0.3) is 0 Å². The van der Waals surface area contributed by atoms with Crippen LogP contribution in [0.4, 0.5) is 15.8 Å². The number of nitrogens with two attached hydrogens (primary N) is 1. The van der Waals surface area contributed by atoms with Crippen molar-refractivity contribution in [2.24, 2.45) is 0 Å². The topological polar surface area (TPSA) is 58.4 Å². The highest BCUT2D eigenvalue weighted by atomic mass is 32.2. The molecule has 0 aromatic heterocycles. The van der Waals surface area contributed by atoms with E-state index in [4.69, 9.17) is 5.73 Å². The molecular weight excluding hydrogens is 289 g/mol. The van der Waals surface area contributed by atoms with E-state index in [2.05, 4.69) is 17.1 Å². The molecule has 2 unspecified atom stereocenters. The van der Waals surface area contributed by atoms with E-state index in [-0.39, 0.29) is 17.6 Å². The minimum atomic E-state index is -0.472. The summed E-state index contributed by atoms with van der Waals surface area (Å²) in [6, 6.07) is 4.03. The molecule has 2 rings (SSSR count). The molecule has 116 valence electrons. The van der Waals surface area contributed by atoms with Crippen molar-refractivity contribution in [1.29, 1.82) is 0 Å². The first kappa shape index (κ1) is 16.1. The van der Waals surface area contributed by atoms with E-state index in [9.17, 15) is 9.18 Å². The third kappa shape index (κ3) is 4.11. The fourth-order valence-electron chi connectivity index (χ4n) is 2.37. The molecule has 1 amide bonds. The van der Waals surface area contributed by atoms with Crippen LogP contribution in [0.15, 0.2) is 18.2 Å². The summed E-state index contributed by atoms with van der Waals surface area (Å²) in [7, 11) is 0. The average molecular weight is 311 g/mol. The van der Waals surface area contributed by atoms with Crippen LogP contribution in [-0.2, 0) is 4.79 Å². The molecule has 2 atom stereocenters. The molecule has 4 nitrogen and oxygen atoms in total. The molecule has 0 saturated carbocycles. The number of nitrogens with zero attached hydrogens (tertiary/aromatic N) is 1. The van der Waals surface area contributed by atoms with Crippen LogP contribution in [0, 0.1) is 5.82 Å². The van der Waals surface area contributed by atoms with Crippen LogP contribution in [0.5, 0.6) is 0 Å². The van der Waals surface area contributed by atoms with Gasteiger partial charge in [-0.3, -0.25) is 9.69 Å². The second-order valence-electron chi connectivity index (χ2n) is 5.30. The maximum atomic E-state index is 13.1.